The third kappa shape index (κ3) is 6.68. The van der Waals surface area contributed by atoms with E-state index in [0.717, 1.165) is 56.7 Å². The van der Waals surface area contributed by atoms with Crippen molar-refractivity contribution < 1.29 is 25.2 Å². The maximum Gasteiger partial charge on any atom is 2.00 e. The minimum Gasteiger partial charge on any atom is -0.509 e. The van der Waals surface area contributed by atoms with Crippen LogP contribution in [0.2, 0.25) is 0 Å². The van der Waals surface area contributed by atoms with E-state index in [0.29, 0.717) is 11.5 Å². The van der Waals surface area contributed by atoms with Crippen LogP contribution in [0.15, 0.2) is 79.0 Å². The SMILES string of the molecule is CCc1ccnc(-n2c3[c-]c(Oc4[c-]c(-n5nc(C)c(-c6c(C)cc(C)cc6C)c5C(C)(C)C)cc(C(C)C)c4)ccc3c3ccccc32)c1.[Pd+2]. The minimum atomic E-state index is -0.196. The van der Waals surface area contributed by atoms with E-state index in [2.05, 4.69) is 157 Å². The van der Waals surface area contributed by atoms with Crippen molar-refractivity contribution in [3.8, 4) is 34.1 Å². The van der Waals surface area contributed by atoms with Crippen LogP contribution in [0.5, 0.6) is 11.5 Å². The molecule has 0 aliphatic rings. The first-order valence-electron chi connectivity index (χ1n) is 17.7. The first kappa shape index (κ1) is 36.3. The van der Waals surface area contributed by atoms with E-state index in [1.165, 1.54) is 33.4 Å². The number of pyridine rings is 1. The molecule has 6 heteroatoms. The van der Waals surface area contributed by atoms with E-state index in [1.807, 2.05) is 12.3 Å². The molecule has 0 saturated heterocycles. The van der Waals surface area contributed by atoms with Crippen LogP contribution in [0, 0.1) is 39.8 Å². The molecule has 7 rings (SSSR count). The fourth-order valence-corrected chi connectivity index (χ4v) is 7.41. The molecule has 0 aliphatic heterocycles. The Kier molecular flexibility index (Phi) is 9.90. The summed E-state index contributed by atoms with van der Waals surface area (Å²) < 4.78 is 11.0. The predicted molar refractivity (Wildman–Crippen MR) is 206 cm³/mol. The third-order valence-corrected chi connectivity index (χ3v) is 9.67. The second-order valence-corrected chi connectivity index (χ2v) is 15.0. The van der Waals surface area contributed by atoms with Crippen molar-refractivity contribution in [1.29, 1.82) is 0 Å². The van der Waals surface area contributed by atoms with Crippen LogP contribution in [0.25, 0.3) is 44.4 Å². The van der Waals surface area contributed by atoms with E-state index in [-0.39, 0.29) is 31.8 Å². The number of rotatable bonds is 7. The summed E-state index contributed by atoms with van der Waals surface area (Å²) in [6, 6.07) is 32.9. The Labute approximate surface area is 316 Å². The largest absolute Gasteiger partial charge is 2.00 e. The summed E-state index contributed by atoms with van der Waals surface area (Å²) in [5, 5.41) is 7.47. The Morgan fingerprint density at radius 2 is 1.53 bits per heavy atom. The van der Waals surface area contributed by atoms with E-state index in [9.17, 15) is 0 Å². The van der Waals surface area contributed by atoms with Gasteiger partial charge in [-0.1, -0.05) is 83.0 Å². The van der Waals surface area contributed by atoms with Crippen LogP contribution < -0.4 is 4.74 Å². The van der Waals surface area contributed by atoms with Crippen LogP contribution in [-0.4, -0.2) is 19.3 Å². The summed E-state index contributed by atoms with van der Waals surface area (Å²) in [6.45, 7) is 22.1. The summed E-state index contributed by atoms with van der Waals surface area (Å²) in [6.07, 6.45) is 2.83. The molecule has 0 aliphatic carbocycles. The maximum absolute atomic E-state index is 6.68. The number of nitrogens with zero attached hydrogens (tertiary/aromatic N) is 4. The monoisotopic (exact) mass is 764 g/mol. The zero-order valence-electron chi connectivity index (χ0n) is 31.3. The van der Waals surface area contributed by atoms with Gasteiger partial charge in [-0.05, 0) is 91.6 Å². The molecule has 0 radical (unpaired) electrons. The molecule has 262 valence electrons. The Balaban J connectivity index is 0.00000448. The van der Waals surface area contributed by atoms with Gasteiger partial charge < -0.3 is 9.30 Å². The number of para-hydroxylation sites is 1. The van der Waals surface area contributed by atoms with Gasteiger partial charge in [0.25, 0.3) is 0 Å². The topological polar surface area (TPSA) is 44.9 Å². The number of aryl methyl sites for hydroxylation is 5. The van der Waals surface area contributed by atoms with E-state index >= 15 is 0 Å². The standard InChI is InChI=1S/C45H46N4O.Pd/c1-11-32-18-19-46-41(22-32)48-39-15-13-12-14-37(39)38-17-16-35(26-40(38)48)50-36-24-33(27(2)3)23-34(25-36)49-44(45(8,9)10)43(31(7)47-49)42-29(5)20-28(4)21-30(42)6;/h12-24,27H,11H2,1-10H3;/q-2;+2. The van der Waals surface area contributed by atoms with Crippen LogP contribution in [0.4, 0.5) is 0 Å². The van der Waals surface area contributed by atoms with Crippen molar-refractivity contribution in [3.05, 3.63) is 130 Å². The number of hydrogen-bond donors (Lipinski definition) is 0. The van der Waals surface area contributed by atoms with Crippen LogP contribution in [0.3, 0.4) is 0 Å². The van der Waals surface area contributed by atoms with E-state index in [1.54, 1.807) is 0 Å². The average molecular weight is 765 g/mol. The molecule has 51 heavy (non-hydrogen) atoms. The molecule has 0 bridgehead atoms. The van der Waals surface area contributed by atoms with E-state index in [4.69, 9.17) is 14.8 Å². The fraction of sp³-hybridized carbons (Fsp3) is 0.289. The third-order valence-electron chi connectivity index (χ3n) is 9.67. The molecule has 0 unspecified atom stereocenters. The van der Waals surface area contributed by atoms with Crippen molar-refractivity contribution in [3.63, 3.8) is 0 Å². The van der Waals surface area contributed by atoms with Gasteiger partial charge in [0.15, 0.2) is 0 Å². The van der Waals surface area contributed by atoms with Crippen molar-refractivity contribution >= 4 is 21.8 Å². The molecule has 0 spiro atoms. The fourth-order valence-electron chi connectivity index (χ4n) is 7.41. The molecule has 3 heterocycles. The van der Waals surface area contributed by atoms with Crippen LogP contribution in [0.1, 0.15) is 86.7 Å². The normalized spacial score (nSPS) is 11.8. The van der Waals surface area contributed by atoms with Gasteiger partial charge in [0.05, 0.1) is 11.4 Å². The molecule has 0 saturated carbocycles. The molecule has 0 amide bonds. The van der Waals surface area contributed by atoms with Gasteiger partial charge in [0.1, 0.15) is 5.82 Å². The quantitative estimate of drug-likeness (QED) is 0.120. The smallest absolute Gasteiger partial charge is 0.509 e. The van der Waals surface area contributed by atoms with Gasteiger partial charge in [-0.3, -0.25) is 4.68 Å². The van der Waals surface area contributed by atoms with Gasteiger partial charge in [-0.2, -0.15) is 11.2 Å². The van der Waals surface area contributed by atoms with Crippen molar-refractivity contribution in [2.45, 2.75) is 87.0 Å². The molecular weight excluding hydrogens is 719 g/mol. The summed E-state index contributed by atoms with van der Waals surface area (Å²) >= 11 is 0. The molecular formula is C45H46N4OPd. The first-order chi connectivity index (χ1) is 23.8. The molecule has 3 aromatic heterocycles. The number of hydrogen-bond acceptors (Lipinski definition) is 3. The van der Waals surface area contributed by atoms with Gasteiger partial charge in [0, 0.05) is 34.2 Å². The van der Waals surface area contributed by atoms with Gasteiger partial charge >= 0.3 is 20.4 Å². The molecule has 4 aromatic carbocycles. The predicted octanol–water partition coefficient (Wildman–Crippen LogP) is 11.6. The number of fused-ring (bicyclic) bond motifs is 3. The van der Waals surface area contributed by atoms with Crippen molar-refractivity contribution in [2.75, 3.05) is 0 Å². The molecule has 0 N–H and O–H groups in total. The zero-order valence-corrected chi connectivity index (χ0v) is 32.9. The summed E-state index contributed by atoms with van der Waals surface area (Å²) in [5.74, 6) is 2.40. The molecule has 0 atom stereocenters. The molecule has 5 nitrogen and oxygen atoms in total. The van der Waals surface area contributed by atoms with Crippen molar-refractivity contribution in [2.24, 2.45) is 0 Å². The average Bonchev–Trinajstić information content (AvgIpc) is 3.59. The van der Waals surface area contributed by atoms with Gasteiger partial charge in [-0.25, -0.2) is 4.98 Å². The number of aromatic nitrogens is 4. The second kappa shape index (κ2) is 13.9. The van der Waals surface area contributed by atoms with Crippen LogP contribution in [-0.2, 0) is 32.3 Å². The minimum absolute atomic E-state index is 0. The second-order valence-electron chi connectivity index (χ2n) is 15.0. The van der Waals surface area contributed by atoms with Gasteiger partial charge in [-0.15, -0.1) is 41.3 Å². The van der Waals surface area contributed by atoms with Crippen LogP contribution >= 0.6 is 0 Å². The van der Waals surface area contributed by atoms with Crippen molar-refractivity contribution in [1.82, 2.24) is 19.3 Å². The first-order valence-corrected chi connectivity index (χ1v) is 17.7. The number of benzene rings is 4. The maximum atomic E-state index is 6.68. The summed E-state index contributed by atoms with van der Waals surface area (Å²) in [7, 11) is 0. The Bertz CT molecular complexity index is 2380. The summed E-state index contributed by atoms with van der Waals surface area (Å²) in [4.78, 5) is 4.78. The number of ether oxygens (including phenoxy) is 1. The zero-order chi connectivity index (χ0) is 35.5. The molecule has 7 aromatic rings. The van der Waals surface area contributed by atoms with Gasteiger partial charge in [0.2, 0.25) is 0 Å². The Morgan fingerprint density at radius 1 is 0.804 bits per heavy atom. The Morgan fingerprint density at radius 3 is 2.22 bits per heavy atom. The molecule has 0 fully saturated rings. The summed E-state index contributed by atoms with van der Waals surface area (Å²) in [5.41, 5.74) is 13.5. The Hall–Kier alpha value is -4.50. The van der Waals surface area contributed by atoms with E-state index < -0.39 is 0 Å².